The van der Waals surface area contributed by atoms with Crippen molar-refractivity contribution in [1.29, 1.82) is 0 Å². The third-order valence-corrected chi connectivity index (χ3v) is 5.24. The Balaban J connectivity index is 1.48. The molecule has 1 saturated carbocycles. The molecule has 3 nitrogen and oxygen atoms in total. The van der Waals surface area contributed by atoms with Gasteiger partial charge in [-0.1, -0.05) is 13.0 Å². The molecule has 23 heavy (non-hydrogen) atoms. The Morgan fingerprint density at radius 1 is 1.13 bits per heavy atom. The predicted molar refractivity (Wildman–Crippen MR) is 95.0 cm³/mol. The molecule has 0 atom stereocenters. The summed E-state index contributed by atoms with van der Waals surface area (Å²) in [5.74, 6) is 0.865. The number of aryl methyl sites for hydroxylation is 1. The van der Waals surface area contributed by atoms with Gasteiger partial charge in [0.15, 0.2) is 0 Å². The van der Waals surface area contributed by atoms with Crippen LogP contribution in [0.4, 0.5) is 5.69 Å². The number of fused-ring (bicyclic) bond motifs is 1. The maximum atomic E-state index is 6.08. The van der Waals surface area contributed by atoms with Crippen LogP contribution in [0.25, 0.3) is 10.9 Å². The van der Waals surface area contributed by atoms with E-state index >= 15 is 0 Å². The zero-order chi connectivity index (χ0) is 15.6. The minimum absolute atomic E-state index is 0.464. The van der Waals surface area contributed by atoms with Gasteiger partial charge in [-0.05, 0) is 61.8 Å². The summed E-state index contributed by atoms with van der Waals surface area (Å²) in [7, 11) is 0. The van der Waals surface area contributed by atoms with E-state index in [4.69, 9.17) is 4.74 Å². The summed E-state index contributed by atoms with van der Waals surface area (Å²) >= 11 is 0. The van der Waals surface area contributed by atoms with Crippen molar-refractivity contribution in [3.8, 4) is 0 Å². The van der Waals surface area contributed by atoms with Crippen molar-refractivity contribution in [2.45, 2.75) is 45.1 Å². The highest BCUT2D eigenvalue weighted by Gasteiger charge is 2.26. The van der Waals surface area contributed by atoms with E-state index < -0.39 is 0 Å². The largest absolute Gasteiger partial charge is 0.378 e. The SMILES string of the molecule is CCc1ccc2nccc(N3CCC(OCC4CC4)CC3)c2c1. The molecule has 1 aliphatic carbocycles. The van der Waals surface area contributed by atoms with Gasteiger partial charge in [-0.3, -0.25) is 4.98 Å². The molecule has 2 heterocycles. The maximum absolute atomic E-state index is 6.08. The first-order chi connectivity index (χ1) is 11.3. The lowest BCUT2D eigenvalue weighted by Crippen LogP contribution is -2.37. The second kappa shape index (κ2) is 6.48. The van der Waals surface area contributed by atoms with Crippen molar-refractivity contribution in [2.24, 2.45) is 5.92 Å². The minimum atomic E-state index is 0.464. The number of hydrogen-bond acceptors (Lipinski definition) is 3. The van der Waals surface area contributed by atoms with E-state index in [1.807, 2.05) is 6.20 Å². The Morgan fingerprint density at radius 2 is 1.96 bits per heavy atom. The molecule has 0 radical (unpaired) electrons. The number of nitrogens with zero attached hydrogens (tertiary/aromatic N) is 2. The number of anilines is 1. The van der Waals surface area contributed by atoms with E-state index in [9.17, 15) is 0 Å². The van der Waals surface area contributed by atoms with Gasteiger partial charge in [0.1, 0.15) is 0 Å². The van der Waals surface area contributed by atoms with E-state index in [-0.39, 0.29) is 0 Å². The van der Waals surface area contributed by atoms with Crippen molar-refractivity contribution in [3.63, 3.8) is 0 Å². The molecular weight excluding hydrogens is 284 g/mol. The average Bonchev–Trinajstić information content (AvgIpc) is 3.44. The molecule has 0 N–H and O–H groups in total. The highest BCUT2D eigenvalue weighted by atomic mass is 16.5. The first kappa shape index (κ1) is 14.9. The molecule has 2 fully saturated rings. The van der Waals surface area contributed by atoms with Crippen LogP contribution in [-0.4, -0.2) is 30.8 Å². The summed E-state index contributed by atoms with van der Waals surface area (Å²) in [6.07, 6.45) is 8.52. The summed E-state index contributed by atoms with van der Waals surface area (Å²) in [6, 6.07) is 8.83. The van der Waals surface area contributed by atoms with E-state index in [2.05, 4.69) is 41.1 Å². The highest BCUT2D eigenvalue weighted by molar-refractivity contribution is 5.92. The van der Waals surface area contributed by atoms with Crippen LogP contribution in [-0.2, 0) is 11.2 Å². The summed E-state index contributed by atoms with van der Waals surface area (Å²) < 4.78 is 6.08. The second-order valence-electron chi connectivity index (χ2n) is 7.00. The Labute approximate surface area is 138 Å². The van der Waals surface area contributed by atoms with Gasteiger partial charge in [-0.2, -0.15) is 0 Å². The summed E-state index contributed by atoms with van der Waals surface area (Å²) in [4.78, 5) is 7.05. The van der Waals surface area contributed by atoms with Crippen molar-refractivity contribution in [1.82, 2.24) is 4.98 Å². The molecule has 2 aromatic rings. The van der Waals surface area contributed by atoms with Gasteiger partial charge in [-0.15, -0.1) is 0 Å². The summed E-state index contributed by atoms with van der Waals surface area (Å²) in [5.41, 5.74) is 3.83. The van der Waals surface area contributed by atoms with E-state index in [0.29, 0.717) is 6.10 Å². The third kappa shape index (κ3) is 3.35. The molecule has 1 aliphatic heterocycles. The van der Waals surface area contributed by atoms with Gasteiger partial charge in [0.2, 0.25) is 0 Å². The van der Waals surface area contributed by atoms with E-state index in [1.165, 1.54) is 29.5 Å². The maximum Gasteiger partial charge on any atom is 0.0722 e. The fraction of sp³-hybridized carbons (Fsp3) is 0.550. The Bertz CT molecular complexity index is 672. The number of piperidine rings is 1. The Hall–Kier alpha value is -1.61. The monoisotopic (exact) mass is 310 g/mol. The Morgan fingerprint density at radius 3 is 2.70 bits per heavy atom. The number of ether oxygens (including phenoxy) is 1. The third-order valence-electron chi connectivity index (χ3n) is 5.24. The van der Waals surface area contributed by atoms with Crippen molar-refractivity contribution >= 4 is 16.6 Å². The van der Waals surface area contributed by atoms with Gasteiger partial charge < -0.3 is 9.64 Å². The minimum Gasteiger partial charge on any atom is -0.378 e. The molecule has 4 rings (SSSR count). The van der Waals surface area contributed by atoms with Crippen molar-refractivity contribution < 1.29 is 4.74 Å². The van der Waals surface area contributed by atoms with Crippen LogP contribution in [0.3, 0.4) is 0 Å². The van der Waals surface area contributed by atoms with Gasteiger partial charge in [0.05, 0.1) is 11.6 Å². The second-order valence-corrected chi connectivity index (χ2v) is 7.00. The van der Waals surface area contributed by atoms with Crippen LogP contribution in [0.2, 0.25) is 0 Å². The molecular formula is C20H26N2O. The van der Waals surface area contributed by atoms with Gasteiger partial charge in [0, 0.05) is 37.0 Å². The lowest BCUT2D eigenvalue weighted by molar-refractivity contribution is 0.0305. The number of benzene rings is 1. The highest BCUT2D eigenvalue weighted by Crippen LogP contribution is 2.32. The quantitative estimate of drug-likeness (QED) is 0.828. The van der Waals surface area contributed by atoms with Crippen LogP contribution in [0.1, 0.15) is 38.2 Å². The van der Waals surface area contributed by atoms with Crippen LogP contribution >= 0.6 is 0 Å². The van der Waals surface area contributed by atoms with Gasteiger partial charge in [-0.25, -0.2) is 0 Å². The Kier molecular flexibility index (Phi) is 4.21. The van der Waals surface area contributed by atoms with Gasteiger partial charge in [0.25, 0.3) is 0 Å². The molecule has 1 saturated heterocycles. The van der Waals surface area contributed by atoms with Crippen LogP contribution in [0.15, 0.2) is 30.5 Å². The van der Waals surface area contributed by atoms with Crippen LogP contribution in [0, 0.1) is 5.92 Å². The fourth-order valence-electron chi connectivity index (χ4n) is 3.49. The standard InChI is InChI=1S/C20H26N2O/c1-2-15-5-6-19-18(13-15)20(7-10-21-19)22-11-8-17(9-12-22)23-14-16-3-4-16/h5-7,10,13,16-17H,2-4,8-9,11-12,14H2,1H3. The molecule has 1 aromatic heterocycles. The predicted octanol–water partition coefficient (Wildman–Crippen LogP) is 4.19. The zero-order valence-corrected chi connectivity index (χ0v) is 14.0. The topological polar surface area (TPSA) is 25.4 Å². The van der Waals surface area contributed by atoms with Crippen LogP contribution < -0.4 is 4.90 Å². The zero-order valence-electron chi connectivity index (χ0n) is 14.0. The molecule has 0 unspecified atom stereocenters. The van der Waals surface area contributed by atoms with E-state index in [0.717, 1.165) is 50.4 Å². The first-order valence-electron chi connectivity index (χ1n) is 9.07. The molecule has 1 aromatic carbocycles. The average molecular weight is 310 g/mol. The van der Waals surface area contributed by atoms with Crippen LogP contribution in [0.5, 0.6) is 0 Å². The summed E-state index contributed by atoms with van der Waals surface area (Å²) in [6.45, 7) is 5.37. The molecule has 3 heteroatoms. The molecule has 0 amide bonds. The fourth-order valence-corrected chi connectivity index (χ4v) is 3.49. The number of rotatable bonds is 5. The molecule has 0 spiro atoms. The lowest BCUT2D eigenvalue weighted by Gasteiger charge is -2.34. The first-order valence-corrected chi connectivity index (χ1v) is 9.07. The number of aromatic nitrogens is 1. The van der Waals surface area contributed by atoms with Gasteiger partial charge >= 0.3 is 0 Å². The molecule has 122 valence electrons. The lowest BCUT2D eigenvalue weighted by atomic mass is 10.0. The normalized spacial score (nSPS) is 19.4. The number of hydrogen-bond donors (Lipinski definition) is 0. The van der Waals surface area contributed by atoms with Crippen molar-refractivity contribution in [2.75, 3.05) is 24.6 Å². The smallest absolute Gasteiger partial charge is 0.0722 e. The molecule has 2 aliphatic rings. The van der Waals surface area contributed by atoms with E-state index in [1.54, 1.807) is 0 Å². The number of pyridine rings is 1. The van der Waals surface area contributed by atoms with Crippen molar-refractivity contribution in [3.05, 3.63) is 36.0 Å². The summed E-state index contributed by atoms with van der Waals surface area (Å²) in [5, 5.41) is 1.30. The molecule has 0 bridgehead atoms.